The van der Waals surface area contributed by atoms with E-state index in [1.807, 2.05) is 220 Å². The molecule has 8 aliphatic rings. The van der Waals surface area contributed by atoms with Gasteiger partial charge in [0.25, 0.3) is 0 Å². The molecule has 20 nitrogen and oxygen atoms in total. The topological polar surface area (TPSA) is 218 Å². The van der Waals surface area contributed by atoms with Crippen molar-refractivity contribution in [2.45, 2.75) is 241 Å². The van der Waals surface area contributed by atoms with Crippen LogP contribution < -0.4 is 0 Å². The minimum Gasteiger partial charge on any atom is -0.394 e. The van der Waals surface area contributed by atoms with Crippen LogP contribution in [0.3, 0.4) is 0 Å². The Hall–Kier alpha value is -5.19. The molecule has 0 spiro atoms. The molecule has 8 fully saturated rings. The number of halogens is 1. The van der Waals surface area contributed by atoms with Gasteiger partial charge in [-0.15, -0.1) is 11.6 Å². The molecule has 0 aromatic heterocycles. The molecule has 8 aliphatic heterocycles. The highest BCUT2D eigenvalue weighted by Crippen LogP contribution is 2.46. The molecule has 0 amide bonds. The highest BCUT2D eigenvalue weighted by Gasteiger charge is 2.53. The molecule has 0 radical (unpaired) electrons. The third-order valence-corrected chi connectivity index (χ3v) is 19.2. The predicted molar refractivity (Wildman–Crippen MR) is 386 cm³/mol. The van der Waals surface area contributed by atoms with E-state index in [1.165, 1.54) is 0 Å². The van der Waals surface area contributed by atoms with Gasteiger partial charge >= 0.3 is 0 Å². The Labute approximate surface area is 613 Å². The summed E-state index contributed by atoms with van der Waals surface area (Å²) < 4.78 is 98.2. The summed E-state index contributed by atoms with van der Waals surface area (Å²) in [5.41, 5.74) is 5.57. The molecule has 2 unspecified atom stereocenters. The zero-order valence-electron chi connectivity index (χ0n) is 62.6. The lowest BCUT2D eigenvalue weighted by molar-refractivity contribution is -0.179. The normalized spacial score (nSPS) is 29.4. The Bertz CT molecular complexity index is 3250. The predicted octanol–water partition coefficient (Wildman–Crippen LogP) is 12.8. The van der Waals surface area contributed by atoms with E-state index < -0.39 is 69.0 Å². The van der Waals surface area contributed by atoms with Crippen molar-refractivity contribution >= 4 is 11.6 Å². The maximum Gasteiger partial charge on any atom is 0.164 e. The number of aliphatic hydroxyl groups excluding tert-OH is 3. The first-order valence-corrected chi connectivity index (χ1v) is 36.1. The van der Waals surface area contributed by atoms with Crippen LogP contribution in [-0.4, -0.2) is 188 Å². The molecule has 12 atom stereocenters. The SMILES string of the molecule is CC1(C)OC[C@@H](C(O)[C@H]2COC(C)(C)O2)O1.CC1(C)OC[C@@H](C(O)[C@H]2COC(C)(C)O2)O1.CC1(C)OC[C@@H]([C@@H]2OC(C)(C)O[C@@H]2CO)O1.CC1(C)OC[C@@H]([C@@H]2OC(C)(C)O[C@@H]2COC(c2ccccc2)(c2ccccc2)c2ccccc2)O1.ClC(c1ccccc1)(c1ccccc1)c1ccccc1. The van der Waals surface area contributed by atoms with E-state index >= 15 is 0 Å². The summed E-state index contributed by atoms with van der Waals surface area (Å²) in [5, 5.41) is 29.5. The van der Waals surface area contributed by atoms with Crippen molar-refractivity contribution in [2.24, 2.45) is 0 Å². The second-order valence-corrected chi connectivity index (χ2v) is 31.1. The molecule has 6 aromatic carbocycles. The zero-order chi connectivity index (χ0) is 74.3. The minimum absolute atomic E-state index is 0.0750. The van der Waals surface area contributed by atoms with Crippen LogP contribution in [0.25, 0.3) is 0 Å². The van der Waals surface area contributed by atoms with Crippen molar-refractivity contribution in [1.82, 2.24) is 0 Å². The van der Waals surface area contributed by atoms with Gasteiger partial charge in [0.1, 0.15) is 83.7 Å². The maximum atomic E-state index is 10.1. The van der Waals surface area contributed by atoms with Gasteiger partial charge in [-0.2, -0.15) is 0 Å². The van der Waals surface area contributed by atoms with Crippen molar-refractivity contribution in [3.63, 3.8) is 0 Å². The molecule has 14 rings (SSSR count). The number of ether oxygens (including phenoxy) is 17. The average molecular weight is 1450 g/mol. The summed E-state index contributed by atoms with van der Waals surface area (Å²) in [4.78, 5) is -0.649. The number of hydrogen-bond acceptors (Lipinski definition) is 20. The fourth-order valence-corrected chi connectivity index (χ4v) is 14.3. The lowest BCUT2D eigenvalue weighted by atomic mass is 9.80. The van der Waals surface area contributed by atoms with E-state index in [1.54, 1.807) is 0 Å². The van der Waals surface area contributed by atoms with Crippen LogP contribution >= 0.6 is 11.6 Å². The van der Waals surface area contributed by atoms with Gasteiger partial charge in [0.15, 0.2) is 46.3 Å². The van der Waals surface area contributed by atoms with Crippen molar-refractivity contribution in [2.75, 3.05) is 52.9 Å². The van der Waals surface area contributed by atoms with Crippen LogP contribution in [0.5, 0.6) is 0 Å². The van der Waals surface area contributed by atoms with Crippen LogP contribution in [0.2, 0.25) is 0 Å². The van der Waals surface area contributed by atoms with Gasteiger partial charge in [-0.25, -0.2) is 0 Å². The summed E-state index contributed by atoms with van der Waals surface area (Å²) in [6.45, 7) is 32.4. The zero-order valence-corrected chi connectivity index (χ0v) is 63.3. The fraction of sp³-hybridized carbons (Fsp3) is 0.561. The standard InChI is InChI=1S/C30H34O5.C19H15Cl.3C11H20O5/c1-28(2)31-20-25(33-28)27-26(34-29(3,4)35-27)21-32-30(22-14-8-5-9-15-22,23-16-10-6-11-17-23)24-18-12-7-13-19-24;20-19(16-10-4-1-5-11-16,17-12-6-2-7-13-17)18-14-8-3-9-15-18;2*1-10(2)13-5-7(15-10)9(12)8-6-14-11(3,4)16-8;1-10(2)13-6-8(15-10)9-7(5-12)14-11(3,4)16-9/h5-19,25-27H,20-21H2,1-4H3;1-15H;3*7-9,12H,5-6H2,1-4H3/t25-,26+,27-;;2*7-,8+,9?;7-,8+,9-/m0...1/s1. The average Bonchev–Trinajstić information content (AvgIpc) is 1.75. The molecular weight excluding hydrogens is 1340 g/mol. The van der Waals surface area contributed by atoms with Gasteiger partial charge in [-0.3, -0.25) is 0 Å². The molecule has 0 saturated carbocycles. The third kappa shape index (κ3) is 20.7. The monoisotopic (exact) mass is 1450 g/mol. The second kappa shape index (κ2) is 33.1. The largest absolute Gasteiger partial charge is 0.394 e. The highest BCUT2D eigenvalue weighted by atomic mass is 35.5. The van der Waals surface area contributed by atoms with Crippen molar-refractivity contribution in [1.29, 1.82) is 0 Å². The summed E-state index contributed by atoms with van der Waals surface area (Å²) in [5.74, 6) is -5.14. The third-order valence-electron chi connectivity index (χ3n) is 18.6. The van der Waals surface area contributed by atoms with Crippen molar-refractivity contribution in [3.8, 4) is 0 Å². The van der Waals surface area contributed by atoms with Gasteiger partial charge < -0.3 is 95.8 Å². The Morgan fingerprint density at radius 3 is 0.816 bits per heavy atom. The number of alkyl halides is 1. The van der Waals surface area contributed by atoms with Crippen LogP contribution in [0.15, 0.2) is 182 Å². The molecule has 8 saturated heterocycles. The van der Waals surface area contributed by atoms with Crippen molar-refractivity contribution in [3.05, 3.63) is 215 Å². The van der Waals surface area contributed by atoms with Crippen LogP contribution in [-0.2, 0) is 91.0 Å². The number of rotatable bonds is 16. The lowest BCUT2D eigenvalue weighted by Gasteiger charge is -2.37. The quantitative estimate of drug-likeness (QED) is 0.0606. The van der Waals surface area contributed by atoms with Gasteiger partial charge in [0, 0.05) is 0 Å². The molecule has 0 aliphatic carbocycles. The molecule has 3 N–H and O–H groups in total. The molecule has 0 bridgehead atoms. The molecule has 6 aromatic rings. The Balaban J connectivity index is 0.000000145. The summed E-state index contributed by atoms with van der Waals surface area (Å²) in [6.07, 6.45) is -4.53. The molecule has 564 valence electrons. The fourth-order valence-electron chi connectivity index (χ4n) is 13.9. The Kier molecular flexibility index (Phi) is 25.8. The lowest BCUT2D eigenvalue weighted by Crippen LogP contribution is -2.43. The van der Waals surface area contributed by atoms with E-state index in [2.05, 4.69) is 72.8 Å². The van der Waals surface area contributed by atoms with Gasteiger partial charge in [0.05, 0.1) is 52.9 Å². The van der Waals surface area contributed by atoms with E-state index in [9.17, 15) is 15.3 Å². The molecule has 21 heteroatoms. The summed E-state index contributed by atoms with van der Waals surface area (Å²) in [7, 11) is 0. The Morgan fingerprint density at radius 1 is 0.330 bits per heavy atom. The molecular formula is C82H109ClO20. The Morgan fingerprint density at radius 2 is 0.573 bits per heavy atom. The van der Waals surface area contributed by atoms with Crippen molar-refractivity contribution < 1.29 is 95.8 Å². The van der Waals surface area contributed by atoms with Crippen LogP contribution in [0.4, 0.5) is 0 Å². The van der Waals surface area contributed by atoms with Crippen LogP contribution in [0.1, 0.15) is 144 Å². The maximum absolute atomic E-state index is 10.1. The smallest absolute Gasteiger partial charge is 0.164 e. The number of hydrogen-bond donors (Lipinski definition) is 3. The summed E-state index contributed by atoms with van der Waals surface area (Å²) in [6, 6.07) is 61.7. The van der Waals surface area contributed by atoms with Gasteiger partial charge in [0.2, 0.25) is 0 Å². The van der Waals surface area contributed by atoms with E-state index in [-0.39, 0.29) is 67.6 Å². The van der Waals surface area contributed by atoms with E-state index in [0.29, 0.717) is 46.2 Å². The molecule has 8 heterocycles. The minimum atomic E-state index is -0.823. The van der Waals surface area contributed by atoms with E-state index in [0.717, 1.165) is 33.4 Å². The first-order chi connectivity index (χ1) is 48.5. The number of aliphatic hydroxyl groups is 3. The van der Waals surface area contributed by atoms with Crippen LogP contribution in [0, 0.1) is 0 Å². The first kappa shape index (κ1) is 80.4. The first-order valence-electron chi connectivity index (χ1n) is 35.8. The second-order valence-electron chi connectivity index (χ2n) is 30.5. The number of benzene rings is 6. The summed E-state index contributed by atoms with van der Waals surface area (Å²) >= 11 is 7.12. The highest BCUT2D eigenvalue weighted by molar-refractivity contribution is 6.28. The molecule has 103 heavy (non-hydrogen) atoms. The van der Waals surface area contributed by atoms with E-state index in [4.69, 9.17) is 92.1 Å². The van der Waals surface area contributed by atoms with Gasteiger partial charge in [-0.05, 0) is 144 Å². The van der Waals surface area contributed by atoms with Gasteiger partial charge in [-0.1, -0.05) is 182 Å².